The second-order valence-corrected chi connectivity index (χ2v) is 5.68. The molecule has 1 aliphatic rings. The van der Waals surface area contributed by atoms with Crippen molar-refractivity contribution < 1.29 is 0 Å². The summed E-state index contributed by atoms with van der Waals surface area (Å²) in [5.74, 6) is 0. The number of pyridine rings is 2. The van der Waals surface area contributed by atoms with E-state index in [0.717, 1.165) is 36.2 Å². The third-order valence-electron chi connectivity index (χ3n) is 2.76. The Morgan fingerprint density at radius 3 is 2.94 bits per heavy atom. The van der Waals surface area contributed by atoms with Crippen molar-refractivity contribution in [2.75, 3.05) is 0 Å². The van der Waals surface area contributed by atoms with Gasteiger partial charge in [-0.2, -0.15) is 0 Å². The maximum atomic E-state index is 4.41. The van der Waals surface area contributed by atoms with Crippen molar-refractivity contribution in [2.45, 2.75) is 5.03 Å². The Balaban J connectivity index is 2.52. The van der Waals surface area contributed by atoms with E-state index in [4.69, 9.17) is 0 Å². The maximum Gasteiger partial charge on any atom is 0.109 e. The van der Waals surface area contributed by atoms with Crippen molar-refractivity contribution in [3.05, 3.63) is 52.2 Å². The van der Waals surface area contributed by atoms with Gasteiger partial charge in [-0.15, -0.1) is 0 Å². The number of halogens is 1. The molecule has 88 valence electrons. The molecule has 3 rings (SSSR count). The van der Waals surface area contributed by atoms with Crippen molar-refractivity contribution in [1.29, 1.82) is 0 Å². The fourth-order valence-electron chi connectivity index (χ4n) is 2.03. The predicted molar refractivity (Wildman–Crippen MR) is 79.4 cm³/mol. The molecule has 2 aromatic heterocycles. The Bertz CT molecular complexity index is 768. The molecule has 3 heterocycles. The first-order valence-electron chi connectivity index (χ1n) is 5.36. The van der Waals surface area contributed by atoms with Crippen molar-refractivity contribution >= 4 is 39.2 Å². The minimum Gasteiger partial charge on any atom is -0.249 e. The molecule has 0 amide bonds. The molecule has 0 bridgehead atoms. The molecule has 2 aromatic rings. The Labute approximate surface area is 117 Å². The number of hydrogen-bond acceptors (Lipinski definition) is 3. The summed E-state index contributed by atoms with van der Waals surface area (Å²) < 4.78 is 0.788. The first-order valence-corrected chi connectivity index (χ1v) is 6.97. The van der Waals surface area contributed by atoms with Gasteiger partial charge in [0.25, 0.3) is 0 Å². The van der Waals surface area contributed by atoms with Crippen LogP contribution in [0.3, 0.4) is 0 Å². The topological polar surface area (TPSA) is 25.8 Å². The highest BCUT2D eigenvalue weighted by molar-refractivity contribution is 9.10. The number of hydrogen-bond donors (Lipinski definition) is 0. The van der Waals surface area contributed by atoms with Crippen LogP contribution in [-0.4, -0.2) is 9.97 Å². The Morgan fingerprint density at radius 1 is 1.33 bits per heavy atom. The lowest BCUT2D eigenvalue weighted by Crippen LogP contribution is -2.32. The second kappa shape index (κ2) is 4.37. The summed E-state index contributed by atoms with van der Waals surface area (Å²) in [7, 11) is 0. The van der Waals surface area contributed by atoms with Crippen LogP contribution in [0.25, 0.3) is 22.6 Å². The van der Waals surface area contributed by atoms with Crippen LogP contribution in [0.4, 0.5) is 0 Å². The van der Waals surface area contributed by atoms with Gasteiger partial charge in [0.2, 0.25) is 0 Å². The molecule has 0 N–H and O–H groups in total. The summed E-state index contributed by atoms with van der Waals surface area (Å²) in [6.45, 7) is 7.89. The van der Waals surface area contributed by atoms with Crippen LogP contribution in [0.1, 0.15) is 0 Å². The highest BCUT2D eigenvalue weighted by Crippen LogP contribution is 2.37. The van der Waals surface area contributed by atoms with Crippen LogP contribution >= 0.6 is 27.7 Å². The highest BCUT2D eigenvalue weighted by atomic mass is 79.9. The molecule has 1 aliphatic heterocycles. The summed E-state index contributed by atoms with van der Waals surface area (Å²) in [5.41, 5.74) is 2.23. The zero-order chi connectivity index (χ0) is 12.7. The van der Waals surface area contributed by atoms with Gasteiger partial charge in [0, 0.05) is 21.9 Å². The lowest BCUT2D eigenvalue weighted by molar-refractivity contribution is 1.12. The fraction of sp³-hybridized carbons (Fsp3) is 0. The lowest BCUT2D eigenvalue weighted by Gasteiger charge is -2.16. The molecular weight excluding hydrogens is 308 g/mol. The second-order valence-electron chi connectivity index (χ2n) is 3.84. The van der Waals surface area contributed by atoms with Gasteiger partial charge in [0.15, 0.2) is 0 Å². The van der Waals surface area contributed by atoms with Crippen LogP contribution in [0, 0.1) is 0 Å². The average molecular weight is 317 g/mol. The minimum absolute atomic E-state index is 0.760. The molecule has 0 spiro atoms. The predicted octanol–water partition coefficient (Wildman–Crippen LogP) is 2.72. The van der Waals surface area contributed by atoms with Gasteiger partial charge < -0.3 is 0 Å². The number of rotatable bonds is 1. The quantitative estimate of drug-likeness (QED) is 0.757. The lowest BCUT2D eigenvalue weighted by atomic mass is 10.1. The number of fused-ring (bicyclic) bond motifs is 3. The highest BCUT2D eigenvalue weighted by Gasteiger charge is 2.17. The zero-order valence-electron chi connectivity index (χ0n) is 9.48. The molecule has 0 saturated carbocycles. The molecule has 0 unspecified atom stereocenters. The summed E-state index contributed by atoms with van der Waals surface area (Å²) in [4.78, 5) is 9.83. The van der Waals surface area contributed by atoms with E-state index in [0.29, 0.717) is 0 Å². The Morgan fingerprint density at radius 2 is 2.17 bits per heavy atom. The monoisotopic (exact) mass is 316 g/mol. The molecule has 2 nitrogen and oxygen atoms in total. The minimum atomic E-state index is 0.760. The van der Waals surface area contributed by atoms with E-state index in [1.807, 2.05) is 18.2 Å². The smallest absolute Gasteiger partial charge is 0.109 e. The van der Waals surface area contributed by atoms with E-state index in [9.17, 15) is 0 Å². The summed E-state index contributed by atoms with van der Waals surface area (Å²) in [5, 5.41) is 2.81. The molecular formula is C14H9BrN2S. The van der Waals surface area contributed by atoms with Crippen molar-refractivity contribution in [3.8, 4) is 11.1 Å². The van der Waals surface area contributed by atoms with Gasteiger partial charge in [-0.05, 0) is 33.6 Å². The van der Waals surface area contributed by atoms with Gasteiger partial charge in [0.05, 0.1) is 5.35 Å². The molecule has 0 aliphatic carbocycles. The summed E-state index contributed by atoms with van der Waals surface area (Å²) in [6, 6.07) is 6.02. The Hall–Kier alpha value is -1.39. The molecule has 0 atom stereocenters. The van der Waals surface area contributed by atoms with Crippen molar-refractivity contribution in [1.82, 2.24) is 9.97 Å². The summed E-state index contributed by atoms with van der Waals surface area (Å²) in [6.07, 6.45) is 3.64. The standard InChI is InChI=1S/C14H9BrN2S/c1-3-11-13-8(2)17-12(15)7-10(13)9-5-4-6-16-14(9)18-11/h3-7H,1-2H2. The van der Waals surface area contributed by atoms with E-state index >= 15 is 0 Å². The number of thioether (sulfide) groups is 1. The van der Waals surface area contributed by atoms with E-state index in [1.54, 1.807) is 18.0 Å². The Kier molecular flexibility index (Phi) is 2.84. The molecule has 4 heteroatoms. The normalized spacial score (nSPS) is 12.8. The largest absolute Gasteiger partial charge is 0.249 e. The van der Waals surface area contributed by atoms with Crippen LogP contribution in [0.5, 0.6) is 0 Å². The average Bonchev–Trinajstić information content (AvgIpc) is 2.37. The molecule has 0 aromatic carbocycles. The van der Waals surface area contributed by atoms with Crippen LogP contribution in [-0.2, 0) is 0 Å². The van der Waals surface area contributed by atoms with Crippen LogP contribution in [0.2, 0.25) is 0 Å². The molecule has 18 heavy (non-hydrogen) atoms. The maximum absolute atomic E-state index is 4.41. The van der Waals surface area contributed by atoms with Crippen molar-refractivity contribution in [2.24, 2.45) is 0 Å². The zero-order valence-corrected chi connectivity index (χ0v) is 11.9. The van der Waals surface area contributed by atoms with E-state index < -0.39 is 0 Å². The fourth-order valence-corrected chi connectivity index (χ4v) is 3.49. The van der Waals surface area contributed by atoms with E-state index in [2.05, 4.69) is 45.1 Å². The van der Waals surface area contributed by atoms with Crippen LogP contribution < -0.4 is 10.6 Å². The first kappa shape index (κ1) is 11.7. The van der Waals surface area contributed by atoms with Crippen molar-refractivity contribution in [3.63, 3.8) is 0 Å². The summed E-state index contributed by atoms with van der Waals surface area (Å²) >= 11 is 5.03. The molecule has 0 radical (unpaired) electrons. The van der Waals surface area contributed by atoms with E-state index in [1.165, 1.54) is 0 Å². The van der Waals surface area contributed by atoms with Gasteiger partial charge in [-0.3, -0.25) is 0 Å². The van der Waals surface area contributed by atoms with Gasteiger partial charge in [-0.25, -0.2) is 9.97 Å². The van der Waals surface area contributed by atoms with Gasteiger partial charge in [-0.1, -0.05) is 37.1 Å². The SMILES string of the molecule is C=CC1=c2c(cc(Br)nc2=C)-c2cccnc2S1. The number of aromatic nitrogens is 2. The third-order valence-corrected chi connectivity index (χ3v) is 4.28. The molecule has 0 fully saturated rings. The first-order chi connectivity index (χ1) is 8.70. The molecule has 0 saturated heterocycles. The van der Waals surface area contributed by atoms with E-state index in [-0.39, 0.29) is 0 Å². The number of nitrogens with zero attached hydrogens (tertiary/aromatic N) is 2. The third kappa shape index (κ3) is 1.72. The van der Waals surface area contributed by atoms with Gasteiger partial charge >= 0.3 is 0 Å². The van der Waals surface area contributed by atoms with Gasteiger partial charge in [0.1, 0.15) is 9.63 Å². The van der Waals surface area contributed by atoms with Crippen LogP contribution in [0.15, 0.2) is 46.7 Å².